The molecule has 0 spiro atoms. The number of aliphatic hydroxyl groups is 1. The molecule has 8 nitrogen and oxygen atoms in total. The smallest absolute Gasteiger partial charge is 0.307 e. The number of amides is 1. The molecule has 1 heterocycles. The molecule has 3 aromatic rings. The lowest BCUT2D eigenvalue weighted by Crippen LogP contribution is -2.32. The van der Waals surface area contributed by atoms with E-state index in [1.165, 1.54) is 28.8 Å². The normalized spacial score (nSPS) is 11.8. The first-order valence-corrected chi connectivity index (χ1v) is 10.2. The third-order valence-corrected chi connectivity index (χ3v) is 5.71. The van der Waals surface area contributed by atoms with Gasteiger partial charge in [-0.15, -0.1) is 0 Å². The molecule has 0 unspecified atom stereocenters. The summed E-state index contributed by atoms with van der Waals surface area (Å²) in [5, 5.41) is 29.4. The second-order valence-electron chi connectivity index (χ2n) is 6.88. The van der Waals surface area contributed by atoms with Crippen LogP contribution in [0.15, 0.2) is 43.2 Å². The lowest BCUT2D eigenvalue weighted by atomic mass is 10.0. The summed E-state index contributed by atoms with van der Waals surface area (Å²) < 4.78 is 21.0. The Labute approximate surface area is 197 Å². The maximum absolute atomic E-state index is 14.6. The van der Waals surface area contributed by atoms with Gasteiger partial charge in [-0.05, 0) is 17.7 Å². The number of benzene rings is 2. The van der Waals surface area contributed by atoms with E-state index in [1.807, 2.05) is 0 Å². The predicted molar refractivity (Wildman–Crippen MR) is 122 cm³/mol. The van der Waals surface area contributed by atoms with Crippen molar-refractivity contribution in [3.63, 3.8) is 0 Å². The third kappa shape index (κ3) is 4.85. The van der Waals surface area contributed by atoms with Gasteiger partial charge < -0.3 is 20.3 Å². The van der Waals surface area contributed by atoms with Crippen molar-refractivity contribution in [3.8, 4) is 5.75 Å². The summed E-state index contributed by atoms with van der Waals surface area (Å²) in [4.78, 5) is 23.8. The van der Waals surface area contributed by atoms with Gasteiger partial charge in [-0.3, -0.25) is 19.6 Å². The van der Waals surface area contributed by atoms with Gasteiger partial charge in [0, 0.05) is 17.0 Å². The minimum absolute atomic E-state index is 0.0184. The summed E-state index contributed by atoms with van der Waals surface area (Å²) in [6.07, 6.45) is 1.67. The molecule has 0 saturated carbocycles. The number of aromatic nitrogens is 1. The lowest BCUT2D eigenvalue weighted by molar-refractivity contribution is -0.136. The topological polar surface area (TPSA) is 125 Å². The summed E-state index contributed by atoms with van der Waals surface area (Å²) in [6.45, 7) is 2.83. The van der Waals surface area contributed by atoms with Crippen molar-refractivity contribution in [2.24, 2.45) is 0 Å². The number of hydrogen-bond acceptors (Lipinski definition) is 5. The van der Waals surface area contributed by atoms with Crippen LogP contribution in [0.3, 0.4) is 0 Å². The van der Waals surface area contributed by atoms with Gasteiger partial charge in [-0.1, -0.05) is 41.9 Å². The summed E-state index contributed by atoms with van der Waals surface area (Å²) >= 11 is 12.5. The van der Waals surface area contributed by atoms with Gasteiger partial charge >= 0.3 is 5.97 Å². The van der Waals surface area contributed by atoms with Crippen LogP contribution in [0.2, 0.25) is 10.0 Å². The number of carboxylic acid groups (broad SMARTS) is 1. The molecular weight excluding hydrogens is 476 g/mol. The highest BCUT2D eigenvalue weighted by atomic mass is 35.5. The van der Waals surface area contributed by atoms with E-state index < -0.39 is 30.3 Å². The number of halogens is 3. The minimum Gasteiger partial charge on any atom is -0.481 e. The van der Waals surface area contributed by atoms with Crippen LogP contribution in [0, 0.1) is 11.2 Å². The fourth-order valence-electron chi connectivity index (χ4n) is 3.36. The average Bonchev–Trinajstić information content (AvgIpc) is 3.14. The first kappa shape index (κ1) is 24.2. The summed E-state index contributed by atoms with van der Waals surface area (Å²) in [5.74, 6) is -2.44. The van der Waals surface area contributed by atoms with E-state index in [4.69, 9.17) is 38.5 Å². The molecule has 0 bridgehead atoms. The number of nitrogens with zero attached hydrogens (tertiary/aromatic N) is 1. The Balaban J connectivity index is 1.98. The molecule has 0 radical (unpaired) electrons. The molecule has 0 aliphatic heterocycles. The van der Waals surface area contributed by atoms with Gasteiger partial charge in [-0.25, -0.2) is 4.39 Å². The molecular formula is C22H18Cl2FN3O5. The highest BCUT2D eigenvalue weighted by Crippen LogP contribution is 2.40. The Kier molecular flexibility index (Phi) is 7.37. The van der Waals surface area contributed by atoms with Crippen LogP contribution in [0.4, 0.5) is 4.39 Å². The summed E-state index contributed by atoms with van der Waals surface area (Å²) in [5.41, 5.74) is 0.543. The average molecular weight is 494 g/mol. The number of nitrogens with one attached hydrogen (secondary N) is 2. The van der Waals surface area contributed by atoms with Crippen molar-refractivity contribution in [3.05, 3.63) is 75.9 Å². The zero-order valence-electron chi connectivity index (χ0n) is 16.9. The number of rotatable bonds is 9. The van der Waals surface area contributed by atoms with Crippen LogP contribution in [0.1, 0.15) is 27.7 Å². The molecule has 0 aliphatic carbocycles. The highest BCUT2D eigenvalue weighted by Gasteiger charge is 2.24. The monoisotopic (exact) mass is 493 g/mol. The molecule has 0 saturated heterocycles. The van der Waals surface area contributed by atoms with Gasteiger partial charge in [0.2, 0.25) is 0 Å². The van der Waals surface area contributed by atoms with Crippen LogP contribution in [0.5, 0.6) is 5.75 Å². The number of carbonyl (C=O) groups excluding carboxylic acids is 1. The maximum atomic E-state index is 14.6. The lowest BCUT2D eigenvalue weighted by Gasteiger charge is -2.18. The molecule has 4 N–H and O–H groups in total. The fourth-order valence-corrected chi connectivity index (χ4v) is 3.80. The molecule has 2 aromatic carbocycles. The summed E-state index contributed by atoms with van der Waals surface area (Å²) in [6, 6.07) is 5.50. The molecule has 1 atom stereocenters. The van der Waals surface area contributed by atoms with Crippen molar-refractivity contribution in [2.45, 2.75) is 12.5 Å². The maximum Gasteiger partial charge on any atom is 0.307 e. The Morgan fingerprint density at radius 2 is 2.00 bits per heavy atom. The van der Waals surface area contributed by atoms with Gasteiger partial charge in [0.15, 0.2) is 0 Å². The van der Waals surface area contributed by atoms with Crippen molar-refractivity contribution in [2.75, 3.05) is 6.61 Å². The van der Waals surface area contributed by atoms with Crippen LogP contribution < -0.4 is 10.1 Å². The van der Waals surface area contributed by atoms with E-state index in [-0.39, 0.29) is 39.0 Å². The minimum atomic E-state index is -1.13. The van der Waals surface area contributed by atoms with Crippen molar-refractivity contribution < 1.29 is 28.9 Å². The zero-order chi connectivity index (χ0) is 24.3. The van der Waals surface area contributed by atoms with Crippen LogP contribution in [0.25, 0.3) is 10.9 Å². The SMILES string of the molecule is C=COc1cc2c(cc(C(=O)N[C@H](CO)c3ccc(CC(=O)O)cc3F)n2C=N)c(Cl)c1Cl. The molecule has 3 rings (SSSR count). The van der Waals surface area contributed by atoms with E-state index >= 15 is 0 Å². The van der Waals surface area contributed by atoms with Gasteiger partial charge in [0.05, 0.1) is 42.2 Å². The third-order valence-electron chi connectivity index (χ3n) is 4.84. The van der Waals surface area contributed by atoms with E-state index in [9.17, 15) is 19.1 Å². The predicted octanol–water partition coefficient (Wildman–Crippen LogP) is 4.16. The quantitative estimate of drug-likeness (QED) is 0.202. The van der Waals surface area contributed by atoms with Crippen LogP contribution in [-0.2, 0) is 11.2 Å². The Hall–Kier alpha value is -3.40. The van der Waals surface area contributed by atoms with Gasteiger partial charge in [-0.2, -0.15) is 0 Å². The number of fused-ring (bicyclic) bond motifs is 1. The first-order valence-electron chi connectivity index (χ1n) is 9.44. The zero-order valence-corrected chi connectivity index (χ0v) is 18.5. The van der Waals surface area contributed by atoms with Crippen molar-refractivity contribution in [1.29, 1.82) is 5.41 Å². The number of carbonyl (C=O) groups is 2. The Bertz CT molecular complexity index is 1270. The Morgan fingerprint density at radius 3 is 2.58 bits per heavy atom. The number of hydrogen-bond donors (Lipinski definition) is 4. The Morgan fingerprint density at radius 1 is 1.27 bits per heavy atom. The number of aliphatic hydroxyl groups excluding tert-OH is 1. The molecule has 0 fully saturated rings. The van der Waals surface area contributed by atoms with E-state index in [2.05, 4.69) is 11.9 Å². The van der Waals surface area contributed by atoms with E-state index in [0.717, 1.165) is 18.7 Å². The first-order chi connectivity index (χ1) is 15.7. The van der Waals surface area contributed by atoms with Gasteiger partial charge in [0.1, 0.15) is 22.3 Å². The second-order valence-corrected chi connectivity index (χ2v) is 7.64. The molecule has 172 valence electrons. The molecule has 1 amide bonds. The van der Waals surface area contributed by atoms with Crippen molar-refractivity contribution in [1.82, 2.24) is 9.88 Å². The van der Waals surface area contributed by atoms with Crippen molar-refractivity contribution >= 4 is 52.3 Å². The summed E-state index contributed by atoms with van der Waals surface area (Å²) in [7, 11) is 0. The van der Waals surface area contributed by atoms with Crippen LogP contribution in [-0.4, -0.2) is 39.6 Å². The largest absolute Gasteiger partial charge is 0.481 e. The number of carboxylic acids is 1. The molecule has 33 heavy (non-hydrogen) atoms. The number of ether oxygens (including phenoxy) is 1. The standard InChI is InChI=1S/C22H18Cl2FN3O5/c1-2-33-18-8-16-13(20(23)21(18)24)7-17(28(16)10-26)22(32)27-15(9-29)12-4-3-11(5-14(12)25)6-19(30)31/h2-5,7-8,10,15,26,29H,1,6,9H2,(H,27,32)(H,30,31)/t15-/m1/s1. The van der Waals surface area contributed by atoms with Gasteiger partial charge in [0.25, 0.3) is 5.91 Å². The molecule has 0 aliphatic rings. The number of aliphatic carboxylic acids is 1. The highest BCUT2D eigenvalue weighted by molar-refractivity contribution is 6.46. The molecule has 11 heteroatoms. The van der Waals surface area contributed by atoms with E-state index in [0.29, 0.717) is 10.9 Å². The van der Waals surface area contributed by atoms with Crippen LogP contribution >= 0.6 is 23.2 Å². The van der Waals surface area contributed by atoms with E-state index in [1.54, 1.807) is 0 Å². The second kappa shape index (κ2) is 10.0. The molecule has 1 aromatic heterocycles. The fraction of sp³-hybridized carbons (Fsp3) is 0.136.